The molecule has 0 N–H and O–H groups in total. The molecule has 0 amide bonds. The molecule has 2 rings (SSSR count). The van der Waals surface area contributed by atoms with Crippen LogP contribution in [-0.2, 0) is 6.54 Å². The highest BCUT2D eigenvalue weighted by Gasteiger charge is 2.01. The van der Waals surface area contributed by atoms with Crippen molar-refractivity contribution in [3.05, 3.63) is 46.5 Å². The van der Waals surface area contributed by atoms with E-state index in [-0.39, 0.29) is 0 Å². The first-order valence-electron chi connectivity index (χ1n) is 4.30. The maximum absolute atomic E-state index is 8.76. The minimum Gasteiger partial charge on any atom is -0.249 e. The van der Waals surface area contributed by atoms with Crippen LogP contribution in [0.25, 0.3) is 0 Å². The van der Waals surface area contributed by atoms with Crippen LogP contribution >= 0.6 is 15.9 Å². The number of nitrogens with zero attached hydrogens (tertiary/aromatic N) is 4. The van der Waals surface area contributed by atoms with Gasteiger partial charge in [0.15, 0.2) is 0 Å². The summed E-state index contributed by atoms with van der Waals surface area (Å²) in [6.45, 7) is 0.657. The third-order valence-electron chi connectivity index (χ3n) is 1.97. The van der Waals surface area contributed by atoms with Crippen molar-refractivity contribution in [3.63, 3.8) is 0 Å². The van der Waals surface area contributed by atoms with E-state index in [9.17, 15) is 0 Å². The second-order valence-electron chi connectivity index (χ2n) is 3.02. The molecule has 0 spiro atoms. The Hall–Kier alpha value is -1.67. The van der Waals surface area contributed by atoms with Crippen LogP contribution < -0.4 is 0 Å². The van der Waals surface area contributed by atoms with Crippen LogP contribution in [0, 0.1) is 11.3 Å². The molecule has 0 unspecified atom stereocenters. The summed E-state index contributed by atoms with van der Waals surface area (Å²) in [7, 11) is 0. The number of halogens is 1. The fourth-order valence-electron chi connectivity index (χ4n) is 1.25. The molecule has 0 aliphatic carbocycles. The van der Waals surface area contributed by atoms with Crippen molar-refractivity contribution < 1.29 is 0 Å². The highest BCUT2D eigenvalue weighted by Crippen LogP contribution is 2.18. The highest BCUT2D eigenvalue weighted by molar-refractivity contribution is 9.10. The van der Waals surface area contributed by atoms with Crippen LogP contribution in [0.3, 0.4) is 0 Å². The van der Waals surface area contributed by atoms with Crippen molar-refractivity contribution in [1.29, 1.82) is 5.26 Å². The standard InChI is InChI=1S/C10H7BrN4/c11-10-3-8(1-2-9(10)4-12)5-15-7-13-6-14-15/h1-3,6-7H,5H2. The first-order valence-corrected chi connectivity index (χ1v) is 5.10. The maximum Gasteiger partial charge on any atom is 0.137 e. The zero-order valence-electron chi connectivity index (χ0n) is 7.76. The van der Waals surface area contributed by atoms with Gasteiger partial charge in [-0.05, 0) is 33.6 Å². The monoisotopic (exact) mass is 262 g/mol. The molecule has 2 aromatic rings. The third-order valence-corrected chi connectivity index (χ3v) is 2.62. The molecule has 1 aromatic heterocycles. The molecule has 1 aromatic carbocycles. The number of aromatic nitrogens is 3. The number of hydrogen-bond acceptors (Lipinski definition) is 3. The number of benzene rings is 1. The van der Waals surface area contributed by atoms with Crippen molar-refractivity contribution in [2.24, 2.45) is 0 Å². The van der Waals surface area contributed by atoms with E-state index in [1.165, 1.54) is 6.33 Å². The number of nitriles is 1. The Kier molecular flexibility index (Phi) is 2.79. The van der Waals surface area contributed by atoms with E-state index in [0.717, 1.165) is 10.0 Å². The average Bonchev–Trinajstić information content (AvgIpc) is 2.71. The van der Waals surface area contributed by atoms with Gasteiger partial charge in [0.05, 0.1) is 12.1 Å². The van der Waals surface area contributed by atoms with Crippen LogP contribution in [0.2, 0.25) is 0 Å². The summed E-state index contributed by atoms with van der Waals surface area (Å²) in [5.74, 6) is 0. The Morgan fingerprint density at radius 2 is 2.33 bits per heavy atom. The van der Waals surface area contributed by atoms with Gasteiger partial charge in [-0.1, -0.05) is 6.07 Å². The molecule has 0 fully saturated rings. The van der Waals surface area contributed by atoms with Gasteiger partial charge < -0.3 is 0 Å². The van der Waals surface area contributed by atoms with Crippen LogP contribution in [0.5, 0.6) is 0 Å². The molecule has 0 radical (unpaired) electrons. The lowest BCUT2D eigenvalue weighted by Gasteiger charge is -2.02. The minimum absolute atomic E-state index is 0.636. The summed E-state index contributed by atoms with van der Waals surface area (Å²) in [5.41, 5.74) is 1.71. The first-order chi connectivity index (χ1) is 7.29. The zero-order valence-corrected chi connectivity index (χ0v) is 9.35. The second kappa shape index (κ2) is 4.24. The predicted molar refractivity (Wildman–Crippen MR) is 58.0 cm³/mol. The van der Waals surface area contributed by atoms with E-state index in [4.69, 9.17) is 5.26 Å². The van der Waals surface area contributed by atoms with Gasteiger partial charge in [0.2, 0.25) is 0 Å². The van der Waals surface area contributed by atoms with Gasteiger partial charge in [-0.15, -0.1) is 0 Å². The van der Waals surface area contributed by atoms with Crippen molar-refractivity contribution in [1.82, 2.24) is 14.8 Å². The van der Waals surface area contributed by atoms with Gasteiger partial charge >= 0.3 is 0 Å². The molecule has 0 saturated carbocycles. The van der Waals surface area contributed by atoms with Crippen molar-refractivity contribution in [2.45, 2.75) is 6.54 Å². The zero-order chi connectivity index (χ0) is 10.7. The summed E-state index contributed by atoms with van der Waals surface area (Å²) < 4.78 is 2.54. The van der Waals surface area contributed by atoms with Gasteiger partial charge in [-0.25, -0.2) is 9.67 Å². The fraction of sp³-hybridized carbons (Fsp3) is 0.100. The van der Waals surface area contributed by atoms with Gasteiger partial charge in [0.25, 0.3) is 0 Å². The lowest BCUT2D eigenvalue weighted by atomic mass is 10.1. The van der Waals surface area contributed by atoms with Crippen molar-refractivity contribution >= 4 is 15.9 Å². The Balaban J connectivity index is 2.24. The smallest absolute Gasteiger partial charge is 0.137 e. The van der Waals surface area contributed by atoms with Gasteiger partial charge in [-0.2, -0.15) is 10.4 Å². The molecule has 0 atom stereocenters. The topological polar surface area (TPSA) is 54.5 Å². The van der Waals surface area contributed by atoms with E-state index in [2.05, 4.69) is 32.1 Å². The lowest BCUT2D eigenvalue weighted by Crippen LogP contribution is -2.00. The van der Waals surface area contributed by atoms with E-state index in [0.29, 0.717) is 12.1 Å². The molecule has 5 heteroatoms. The minimum atomic E-state index is 0.636. The molecule has 74 valence electrons. The van der Waals surface area contributed by atoms with Crippen LogP contribution in [0.15, 0.2) is 35.3 Å². The largest absolute Gasteiger partial charge is 0.249 e. The Bertz CT molecular complexity index is 499. The molecule has 0 bridgehead atoms. The predicted octanol–water partition coefficient (Wildman–Crippen LogP) is 1.96. The molecule has 15 heavy (non-hydrogen) atoms. The maximum atomic E-state index is 8.76. The van der Waals surface area contributed by atoms with E-state index in [1.54, 1.807) is 17.1 Å². The van der Waals surface area contributed by atoms with Crippen LogP contribution in [0.4, 0.5) is 0 Å². The Labute approximate surface area is 95.3 Å². The van der Waals surface area contributed by atoms with Gasteiger partial charge in [0.1, 0.15) is 18.7 Å². The average molecular weight is 263 g/mol. The van der Waals surface area contributed by atoms with E-state index in [1.807, 2.05) is 12.1 Å². The van der Waals surface area contributed by atoms with Crippen LogP contribution in [-0.4, -0.2) is 14.8 Å². The normalized spacial score (nSPS) is 9.87. The summed E-state index contributed by atoms with van der Waals surface area (Å²) in [4.78, 5) is 3.86. The van der Waals surface area contributed by atoms with E-state index < -0.39 is 0 Å². The second-order valence-corrected chi connectivity index (χ2v) is 3.87. The summed E-state index contributed by atoms with van der Waals surface area (Å²) in [6.07, 6.45) is 3.16. The van der Waals surface area contributed by atoms with Crippen molar-refractivity contribution in [2.75, 3.05) is 0 Å². The molecule has 0 aliphatic heterocycles. The Morgan fingerprint density at radius 1 is 1.47 bits per heavy atom. The molecule has 0 saturated heterocycles. The summed E-state index contributed by atoms with van der Waals surface area (Å²) in [6, 6.07) is 7.71. The summed E-state index contributed by atoms with van der Waals surface area (Å²) in [5, 5.41) is 12.8. The molecular weight excluding hydrogens is 256 g/mol. The van der Waals surface area contributed by atoms with Crippen molar-refractivity contribution in [3.8, 4) is 6.07 Å². The Morgan fingerprint density at radius 3 is 2.93 bits per heavy atom. The fourth-order valence-corrected chi connectivity index (χ4v) is 1.76. The molecule has 4 nitrogen and oxygen atoms in total. The SMILES string of the molecule is N#Cc1ccc(Cn2cncn2)cc1Br. The molecule has 1 heterocycles. The number of rotatable bonds is 2. The highest BCUT2D eigenvalue weighted by atomic mass is 79.9. The molecular formula is C10H7BrN4. The number of hydrogen-bond donors (Lipinski definition) is 0. The third kappa shape index (κ3) is 2.22. The quantitative estimate of drug-likeness (QED) is 0.832. The van der Waals surface area contributed by atoms with Gasteiger partial charge in [-0.3, -0.25) is 0 Å². The first kappa shape index (κ1) is 9.87. The molecule has 0 aliphatic rings. The lowest BCUT2D eigenvalue weighted by molar-refractivity contribution is 0.684. The van der Waals surface area contributed by atoms with Gasteiger partial charge in [0, 0.05) is 4.47 Å². The summed E-state index contributed by atoms with van der Waals surface area (Å²) >= 11 is 3.34. The van der Waals surface area contributed by atoms with E-state index >= 15 is 0 Å². The van der Waals surface area contributed by atoms with Crippen LogP contribution in [0.1, 0.15) is 11.1 Å².